The molecular formula is C22H17F2NO2. The van der Waals surface area contributed by atoms with E-state index in [4.69, 9.17) is 14.7 Å². The van der Waals surface area contributed by atoms with Crippen LogP contribution in [0.1, 0.15) is 22.3 Å². The SMILES string of the molecule is COc1ccc(Cc2c(F)cc(C#N)cc2OCc2ccccc2)c(F)c1. The van der Waals surface area contributed by atoms with Crippen molar-refractivity contribution in [2.45, 2.75) is 13.0 Å². The van der Waals surface area contributed by atoms with E-state index in [0.29, 0.717) is 11.3 Å². The Morgan fingerprint density at radius 2 is 1.74 bits per heavy atom. The molecule has 0 aromatic heterocycles. The van der Waals surface area contributed by atoms with Crippen molar-refractivity contribution in [3.8, 4) is 17.6 Å². The largest absolute Gasteiger partial charge is 0.497 e. The van der Waals surface area contributed by atoms with Crippen molar-refractivity contribution in [2.75, 3.05) is 7.11 Å². The van der Waals surface area contributed by atoms with Crippen LogP contribution in [0.15, 0.2) is 60.7 Å². The maximum atomic E-state index is 14.6. The van der Waals surface area contributed by atoms with E-state index in [-0.39, 0.29) is 29.9 Å². The fourth-order valence-corrected chi connectivity index (χ4v) is 2.70. The first-order valence-corrected chi connectivity index (χ1v) is 8.32. The van der Waals surface area contributed by atoms with E-state index in [1.54, 1.807) is 12.1 Å². The first-order valence-electron chi connectivity index (χ1n) is 8.32. The van der Waals surface area contributed by atoms with Crippen molar-refractivity contribution in [3.05, 3.63) is 94.6 Å². The molecule has 0 heterocycles. The van der Waals surface area contributed by atoms with Gasteiger partial charge in [0.15, 0.2) is 0 Å². The third-order valence-corrected chi connectivity index (χ3v) is 4.15. The standard InChI is InChI=1S/C22H17F2NO2/c1-26-18-8-7-17(20(23)12-18)11-19-21(24)9-16(13-25)10-22(19)27-14-15-5-3-2-4-6-15/h2-10,12H,11,14H2,1H3. The molecule has 0 amide bonds. The van der Waals surface area contributed by atoms with Gasteiger partial charge in [0.1, 0.15) is 29.7 Å². The van der Waals surface area contributed by atoms with Crippen molar-refractivity contribution in [1.29, 1.82) is 5.26 Å². The molecule has 0 aliphatic heterocycles. The summed E-state index contributed by atoms with van der Waals surface area (Å²) < 4.78 is 39.7. The molecule has 0 fully saturated rings. The summed E-state index contributed by atoms with van der Waals surface area (Å²) in [5.41, 5.74) is 1.56. The summed E-state index contributed by atoms with van der Waals surface area (Å²) >= 11 is 0. The third-order valence-electron chi connectivity index (χ3n) is 4.15. The molecule has 0 N–H and O–H groups in total. The Balaban J connectivity index is 1.92. The number of hydrogen-bond donors (Lipinski definition) is 0. The number of nitrogens with zero attached hydrogens (tertiary/aromatic N) is 1. The van der Waals surface area contributed by atoms with Crippen LogP contribution in [-0.2, 0) is 13.0 Å². The second-order valence-electron chi connectivity index (χ2n) is 5.95. The predicted molar refractivity (Wildman–Crippen MR) is 97.6 cm³/mol. The van der Waals surface area contributed by atoms with Crippen LogP contribution in [0.3, 0.4) is 0 Å². The van der Waals surface area contributed by atoms with Crippen LogP contribution in [0.2, 0.25) is 0 Å². The Morgan fingerprint density at radius 1 is 0.963 bits per heavy atom. The highest BCUT2D eigenvalue weighted by atomic mass is 19.1. The van der Waals surface area contributed by atoms with Crippen LogP contribution < -0.4 is 9.47 Å². The minimum Gasteiger partial charge on any atom is -0.497 e. The summed E-state index contributed by atoms with van der Waals surface area (Å²) in [7, 11) is 1.45. The zero-order valence-electron chi connectivity index (χ0n) is 14.7. The lowest BCUT2D eigenvalue weighted by molar-refractivity contribution is 0.301. The van der Waals surface area contributed by atoms with Gasteiger partial charge in [-0.2, -0.15) is 5.26 Å². The van der Waals surface area contributed by atoms with Gasteiger partial charge in [-0.3, -0.25) is 0 Å². The number of ether oxygens (including phenoxy) is 2. The van der Waals surface area contributed by atoms with Crippen LogP contribution in [-0.4, -0.2) is 7.11 Å². The Hall–Kier alpha value is -3.39. The number of methoxy groups -OCH3 is 1. The molecule has 3 aromatic carbocycles. The Labute approximate surface area is 156 Å². The summed E-state index contributed by atoms with van der Waals surface area (Å²) in [4.78, 5) is 0. The quantitative estimate of drug-likeness (QED) is 0.616. The second-order valence-corrected chi connectivity index (χ2v) is 5.95. The minimum atomic E-state index is -0.604. The third kappa shape index (κ3) is 4.42. The number of rotatable bonds is 6. The Kier molecular flexibility index (Phi) is 5.68. The zero-order valence-corrected chi connectivity index (χ0v) is 14.7. The molecule has 3 nitrogen and oxygen atoms in total. The first kappa shape index (κ1) is 18.4. The average Bonchev–Trinajstić information content (AvgIpc) is 2.70. The number of hydrogen-bond acceptors (Lipinski definition) is 3. The second kappa shape index (κ2) is 8.33. The molecule has 3 rings (SSSR count). The van der Waals surface area contributed by atoms with E-state index >= 15 is 0 Å². The summed E-state index contributed by atoms with van der Waals surface area (Å²) in [6.45, 7) is 0.216. The zero-order chi connectivity index (χ0) is 19.2. The fourth-order valence-electron chi connectivity index (χ4n) is 2.70. The topological polar surface area (TPSA) is 42.2 Å². The number of benzene rings is 3. The minimum absolute atomic E-state index is 0.00249. The lowest BCUT2D eigenvalue weighted by Crippen LogP contribution is -2.04. The first-order chi connectivity index (χ1) is 13.1. The lowest BCUT2D eigenvalue weighted by atomic mass is 10.0. The molecule has 0 saturated carbocycles. The van der Waals surface area contributed by atoms with Gasteiger partial charge in [-0.1, -0.05) is 36.4 Å². The Morgan fingerprint density at radius 3 is 2.41 bits per heavy atom. The van der Waals surface area contributed by atoms with Crippen LogP contribution in [0.25, 0.3) is 0 Å². The van der Waals surface area contributed by atoms with Crippen molar-refractivity contribution in [2.24, 2.45) is 0 Å². The molecule has 0 radical (unpaired) electrons. The fraction of sp³-hybridized carbons (Fsp3) is 0.136. The molecule has 0 saturated heterocycles. The molecular weight excluding hydrogens is 348 g/mol. The lowest BCUT2D eigenvalue weighted by Gasteiger charge is -2.14. The molecule has 5 heteroatoms. The summed E-state index contributed by atoms with van der Waals surface area (Å²) in [6.07, 6.45) is -0.00249. The van der Waals surface area contributed by atoms with Gasteiger partial charge in [-0.05, 0) is 29.3 Å². The smallest absolute Gasteiger partial charge is 0.131 e. The van der Waals surface area contributed by atoms with Gasteiger partial charge >= 0.3 is 0 Å². The van der Waals surface area contributed by atoms with Gasteiger partial charge in [0.25, 0.3) is 0 Å². The van der Waals surface area contributed by atoms with E-state index in [1.807, 2.05) is 36.4 Å². The molecule has 0 aliphatic carbocycles. The molecule has 27 heavy (non-hydrogen) atoms. The van der Waals surface area contributed by atoms with Gasteiger partial charge in [0.05, 0.1) is 18.7 Å². The highest BCUT2D eigenvalue weighted by Crippen LogP contribution is 2.29. The highest BCUT2D eigenvalue weighted by molar-refractivity contribution is 5.46. The highest BCUT2D eigenvalue weighted by Gasteiger charge is 2.16. The van der Waals surface area contributed by atoms with E-state index in [0.717, 1.165) is 11.6 Å². The molecule has 0 aliphatic rings. The molecule has 0 bridgehead atoms. The average molecular weight is 365 g/mol. The summed E-state index contributed by atoms with van der Waals surface area (Å²) in [6, 6.07) is 18.3. The predicted octanol–water partition coefficient (Wildman–Crippen LogP) is 5.01. The molecule has 0 unspecified atom stereocenters. The van der Waals surface area contributed by atoms with Gasteiger partial charge < -0.3 is 9.47 Å². The van der Waals surface area contributed by atoms with Gasteiger partial charge in [-0.25, -0.2) is 8.78 Å². The van der Waals surface area contributed by atoms with Gasteiger partial charge in [0.2, 0.25) is 0 Å². The van der Waals surface area contributed by atoms with E-state index in [9.17, 15) is 8.78 Å². The molecule has 0 spiro atoms. The van der Waals surface area contributed by atoms with Crippen LogP contribution in [0, 0.1) is 23.0 Å². The van der Waals surface area contributed by atoms with Gasteiger partial charge in [-0.15, -0.1) is 0 Å². The maximum absolute atomic E-state index is 14.6. The molecule has 3 aromatic rings. The summed E-state index contributed by atoms with van der Waals surface area (Å²) in [5.74, 6) is -0.484. The summed E-state index contributed by atoms with van der Waals surface area (Å²) in [5, 5.41) is 9.11. The van der Waals surface area contributed by atoms with Crippen molar-refractivity contribution >= 4 is 0 Å². The molecule has 0 atom stereocenters. The molecule has 136 valence electrons. The van der Waals surface area contributed by atoms with Crippen molar-refractivity contribution in [3.63, 3.8) is 0 Å². The van der Waals surface area contributed by atoms with Gasteiger partial charge in [0, 0.05) is 18.1 Å². The number of nitriles is 1. The maximum Gasteiger partial charge on any atom is 0.131 e. The monoisotopic (exact) mass is 365 g/mol. The number of halogens is 2. The van der Waals surface area contributed by atoms with Crippen molar-refractivity contribution < 1.29 is 18.3 Å². The van der Waals surface area contributed by atoms with E-state index < -0.39 is 11.6 Å². The van der Waals surface area contributed by atoms with Crippen LogP contribution in [0.4, 0.5) is 8.78 Å². The van der Waals surface area contributed by atoms with Crippen molar-refractivity contribution in [1.82, 2.24) is 0 Å². The van der Waals surface area contributed by atoms with E-state index in [2.05, 4.69) is 0 Å². The Bertz CT molecular complexity index is 982. The van der Waals surface area contributed by atoms with E-state index in [1.165, 1.54) is 19.2 Å². The van der Waals surface area contributed by atoms with Crippen LogP contribution >= 0.6 is 0 Å². The normalized spacial score (nSPS) is 10.3. The van der Waals surface area contributed by atoms with Crippen LogP contribution in [0.5, 0.6) is 11.5 Å².